The minimum Gasteiger partial charge on any atom is -0.466 e. The number of nitrogens with zero attached hydrogens (tertiary/aromatic N) is 2. The van der Waals surface area contributed by atoms with Crippen molar-refractivity contribution < 1.29 is 19.1 Å². The number of carbonyl (C=O) groups is 3. The first-order valence-electron chi connectivity index (χ1n) is 9.91. The van der Waals surface area contributed by atoms with Crippen LogP contribution in [0, 0.1) is 0 Å². The summed E-state index contributed by atoms with van der Waals surface area (Å²) in [6.07, 6.45) is 0.0439. The van der Waals surface area contributed by atoms with E-state index in [2.05, 4.69) is 10.3 Å². The molecule has 0 spiro atoms. The Morgan fingerprint density at radius 1 is 1.16 bits per heavy atom. The summed E-state index contributed by atoms with van der Waals surface area (Å²) in [5.74, 6) is -0.903. The van der Waals surface area contributed by atoms with E-state index < -0.39 is 6.04 Å². The number of ether oxygens (including phenoxy) is 1. The third-order valence-corrected chi connectivity index (χ3v) is 5.74. The fourth-order valence-corrected chi connectivity index (χ4v) is 4.29. The molecular weight excluding hydrogens is 414 g/mol. The topological polar surface area (TPSA) is 88.6 Å². The summed E-state index contributed by atoms with van der Waals surface area (Å²) < 4.78 is 4.94. The van der Waals surface area contributed by atoms with Crippen LogP contribution in [-0.2, 0) is 27.3 Å². The second-order valence-corrected chi connectivity index (χ2v) is 7.88. The van der Waals surface area contributed by atoms with Gasteiger partial charge in [-0.3, -0.25) is 19.7 Å². The summed E-state index contributed by atoms with van der Waals surface area (Å²) in [4.78, 5) is 43.9. The Morgan fingerprint density at radius 3 is 2.65 bits per heavy atom. The largest absolute Gasteiger partial charge is 0.466 e. The number of rotatable bonds is 7. The third kappa shape index (κ3) is 4.49. The molecule has 7 nitrogen and oxygen atoms in total. The molecule has 1 aromatic heterocycles. The van der Waals surface area contributed by atoms with E-state index in [-0.39, 0.29) is 24.2 Å². The molecule has 3 aromatic rings. The maximum absolute atomic E-state index is 13.3. The van der Waals surface area contributed by atoms with Gasteiger partial charge in [0, 0.05) is 17.5 Å². The lowest BCUT2D eigenvalue weighted by molar-refractivity contribution is -0.142. The van der Waals surface area contributed by atoms with E-state index in [9.17, 15) is 14.4 Å². The van der Waals surface area contributed by atoms with Crippen LogP contribution in [0.25, 0.3) is 0 Å². The van der Waals surface area contributed by atoms with Gasteiger partial charge in [-0.15, -0.1) is 11.3 Å². The zero-order chi connectivity index (χ0) is 21.8. The molecule has 1 atom stereocenters. The molecule has 1 aliphatic heterocycles. The Kier molecular flexibility index (Phi) is 6.08. The standard InChI is InChI=1S/C23H21N3O4S/c1-2-30-19(27)12-17-14-31-23(24-17)25-21(28)20(15-8-4-3-5-9-15)26-13-16-10-6-7-11-18(16)22(26)29/h3-11,14,20H,2,12-13H2,1H3,(H,24,25,28)/t20-/m0/s1. The van der Waals surface area contributed by atoms with Crippen LogP contribution in [0.4, 0.5) is 5.13 Å². The van der Waals surface area contributed by atoms with Crippen LogP contribution in [0.3, 0.4) is 0 Å². The number of amides is 2. The van der Waals surface area contributed by atoms with E-state index in [1.165, 1.54) is 11.3 Å². The van der Waals surface area contributed by atoms with E-state index in [4.69, 9.17) is 4.74 Å². The molecule has 2 aromatic carbocycles. The van der Waals surface area contributed by atoms with Gasteiger partial charge in [0.1, 0.15) is 6.04 Å². The number of nitrogens with one attached hydrogen (secondary N) is 1. The Bertz CT molecular complexity index is 1110. The van der Waals surface area contributed by atoms with Gasteiger partial charge in [-0.05, 0) is 24.1 Å². The molecule has 0 fully saturated rings. The number of hydrogen-bond donors (Lipinski definition) is 1. The number of esters is 1. The summed E-state index contributed by atoms with van der Waals surface area (Å²) in [5.41, 5.74) is 2.75. The molecule has 2 amide bonds. The highest BCUT2D eigenvalue weighted by atomic mass is 32.1. The Morgan fingerprint density at radius 2 is 1.90 bits per heavy atom. The second-order valence-electron chi connectivity index (χ2n) is 7.02. The number of aromatic nitrogens is 1. The van der Waals surface area contributed by atoms with E-state index in [1.54, 1.807) is 23.3 Å². The van der Waals surface area contributed by atoms with E-state index >= 15 is 0 Å². The molecule has 0 aliphatic carbocycles. The minimum atomic E-state index is -0.807. The summed E-state index contributed by atoms with van der Waals surface area (Å²) in [6, 6.07) is 15.8. The molecule has 0 bridgehead atoms. The molecular formula is C23H21N3O4S. The summed E-state index contributed by atoms with van der Waals surface area (Å²) in [5, 5.41) is 4.89. The number of hydrogen-bond acceptors (Lipinski definition) is 6. The summed E-state index contributed by atoms with van der Waals surface area (Å²) in [7, 11) is 0. The molecule has 0 unspecified atom stereocenters. The van der Waals surface area contributed by atoms with E-state index in [0.29, 0.717) is 35.1 Å². The SMILES string of the molecule is CCOC(=O)Cc1csc(NC(=O)[C@H](c2ccccc2)N2Cc3ccccc3C2=O)n1. The Hall–Kier alpha value is -3.52. The summed E-state index contributed by atoms with van der Waals surface area (Å²) >= 11 is 1.23. The van der Waals surface area contributed by atoms with Crippen molar-refractivity contribution >= 4 is 34.3 Å². The highest BCUT2D eigenvalue weighted by Crippen LogP contribution is 2.32. The number of carbonyl (C=O) groups excluding carboxylic acids is 3. The number of fused-ring (bicyclic) bond motifs is 1. The van der Waals surface area contributed by atoms with Crippen molar-refractivity contribution in [1.29, 1.82) is 0 Å². The zero-order valence-electron chi connectivity index (χ0n) is 16.9. The van der Waals surface area contributed by atoms with Gasteiger partial charge in [-0.1, -0.05) is 48.5 Å². The fourth-order valence-electron chi connectivity index (χ4n) is 3.57. The monoisotopic (exact) mass is 435 g/mol. The van der Waals surface area contributed by atoms with Gasteiger partial charge in [0.05, 0.1) is 18.7 Å². The maximum Gasteiger partial charge on any atom is 0.311 e. The normalized spacial score (nSPS) is 13.6. The van der Waals surface area contributed by atoms with Gasteiger partial charge < -0.3 is 9.64 Å². The van der Waals surface area contributed by atoms with Gasteiger partial charge in [0.15, 0.2) is 5.13 Å². The molecule has 0 saturated carbocycles. The first-order chi connectivity index (χ1) is 15.1. The maximum atomic E-state index is 13.3. The third-order valence-electron chi connectivity index (χ3n) is 4.94. The van der Waals surface area contributed by atoms with Gasteiger partial charge in [0.2, 0.25) is 0 Å². The molecule has 1 N–H and O–H groups in total. The lowest BCUT2D eigenvalue weighted by Gasteiger charge is -2.27. The molecule has 8 heteroatoms. The van der Waals surface area contributed by atoms with Crippen molar-refractivity contribution in [1.82, 2.24) is 9.88 Å². The predicted octanol–water partition coefficient (Wildman–Crippen LogP) is 3.58. The molecule has 158 valence electrons. The first kappa shape index (κ1) is 20.7. The predicted molar refractivity (Wildman–Crippen MR) is 117 cm³/mol. The highest BCUT2D eigenvalue weighted by Gasteiger charge is 2.37. The van der Waals surface area contributed by atoms with Crippen molar-refractivity contribution in [2.45, 2.75) is 25.9 Å². The minimum absolute atomic E-state index is 0.0439. The van der Waals surface area contributed by atoms with Crippen molar-refractivity contribution in [2.24, 2.45) is 0 Å². The average molecular weight is 436 g/mol. The van der Waals surface area contributed by atoms with Crippen LogP contribution in [0.2, 0.25) is 0 Å². The van der Waals surface area contributed by atoms with Crippen LogP contribution in [0.5, 0.6) is 0 Å². The van der Waals surface area contributed by atoms with Gasteiger partial charge in [-0.25, -0.2) is 4.98 Å². The zero-order valence-corrected chi connectivity index (χ0v) is 17.7. The number of thiazole rings is 1. The molecule has 1 aliphatic rings. The fraction of sp³-hybridized carbons (Fsp3) is 0.217. The van der Waals surface area contributed by atoms with Crippen molar-refractivity contribution in [3.8, 4) is 0 Å². The molecule has 0 radical (unpaired) electrons. The van der Waals surface area contributed by atoms with Crippen LogP contribution < -0.4 is 5.32 Å². The smallest absolute Gasteiger partial charge is 0.311 e. The molecule has 31 heavy (non-hydrogen) atoms. The van der Waals surface area contributed by atoms with E-state index in [0.717, 1.165) is 5.56 Å². The Labute approximate surface area is 183 Å². The van der Waals surface area contributed by atoms with Crippen molar-refractivity contribution in [3.63, 3.8) is 0 Å². The van der Waals surface area contributed by atoms with Gasteiger partial charge in [0.25, 0.3) is 11.8 Å². The van der Waals surface area contributed by atoms with Gasteiger partial charge in [-0.2, -0.15) is 0 Å². The van der Waals surface area contributed by atoms with Crippen LogP contribution in [-0.4, -0.2) is 34.3 Å². The Balaban J connectivity index is 1.56. The van der Waals surface area contributed by atoms with Gasteiger partial charge >= 0.3 is 5.97 Å². The van der Waals surface area contributed by atoms with Crippen molar-refractivity contribution in [3.05, 3.63) is 82.4 Å². The highest BCUT2D eigenvalue weighted by molar-refractivity contribution is 7.13. The molecule has 4 rings (SSSR count). The van der Waals surface area contributed by atoms with Crippen LogP contribution >= 0.6 is 11.3 Å². The van der Waals surface area contributed by atoms with E-state index in [1.807, 2.05) is 48.5 Å². The van der Waals surface area contributed by atoms with Crippen molar-refractivity contribution in [2.75, 3.05) is 11.9 Å². The second kappa shape index (κ2) is 9.09. The van der Waals surface area contributed by atoms with Crippen LogP contribution in [0.1, 0.15) is 40.1 Å². The average Bonchev–Trinajstić information content (AvgIpc) is 3.33. The number of benzene rings is 2. The number of anilines is 1. The summed E-state index contributed by atoms with van der Waals surface area (Å²) in [6.45, 7) is 2.40. The molecule has 0 saturated heterocycles. The van der Waals surface area contributed by atoms with Crippen LogP contribution in [0.15, 0.2) is 60.0 Å². The lowest BCUT2D eigenvalue weighted by atomic mass is 10.0. The lowest BCUT2D eigenvalue weighted by Crippen LogP contribution is -2.37. The quantitative estimate of drug-likeness (QED) is 0.573. The molecule has 2 heterocycles. The first-order valence-corrected chi connectivity index (χ1v) is 10.8.